The van der Waals surface area contributed by atoms with Crippen LogP contribution in [0.5, 0.6) is 0 Å². The Morgan fingerprint density at radius 2 is 1.93 bits per heavy atom. The smallest absolute Gasteiger partial charge is 0.274 e. The molecule has 148 valence electrons. The Morgan fingerprint density at radius 1 is 1.21 bits per heavy atom. The van der Waals surface area contributed by atoms with Gasteiger partial charge < -0.3 is 10.2 Å². The number of nitro benzene ring substituents is 1. The summed E-state index contributed by atoms with van der Waals surface area (Å²) in [5, 5.41) is 14.0. The average molecular weight is 403 g/mol. The molecule has 1 heterocycles. The van der Waals surface area contributed by atoms with Gasteiger partial charge in [-0.25, -0.2) is 8.42 Å². The van der Waals surface area contributed by atoms with Gasteiger partial charge in [0.25, 0.3) is 5.69 Å². The Kier molecular flexibility index (Phi) is 5.64. The Bertz CT molecular complexity index is 992. The van der Waals surface area contributed by atoms with Crippen LogP contribution >= 0.6 is 0 Å². The van der Waals surface area contributed by atoms with Crippen LogP contribution in [0.3, 0.4) is 0 Å². The zero-order chi connectivity index (χ0) is 20.3. The van der Waals surface area contributed by atoms with E-state index in [9.17, 15) is 23.3 Å². The molecule has 0 aliphatic carbocycles. The van der Waals surface area contributed by atoms with Crippen LogP contribution in [0.1, 0.15) is 12.0 Å². The third kappa shape index (κ3) is 4.30. The lowest BCUT2D eigenvalue weighted by molar-refractivity contribution is -0.385. The molecule has 1 aliphatic rings. The van der Waals surface area contributed by atoms with Crippen LogP contribution in [0.15, 0.2) is 48.5 Å². The maximum atomic E-state index is 13.0. The first-order valence-corrected chi connectivity index (χ1v) is 10.7. The molecule has 9 heteroatoms. The van der Waals surface area contributed by atoms with Crippen LogP contribution in [0.2, 0.25) is 0 Å². The molecule has 8 nitrogen and oxygen atoms in total. The van der Waals surface area contributed by atoms with Crippen LogP contribution in [0.25, 0.3) is 0 Å². The van der Waals surface area contributed by atoms with Gasteiger partial charge in [-0.05, 0) is 31.5 Å². The Balaban J connectivity index is 1.81. The van der Waals surface area contributed by atoms with Gasteiger partial charge in [-0.15, -0.1) is 0 Å². The van der Waals surface area contributed by atoms with E-state index in [1.54, 1.807) is 43.3 Å². The molecule has 1 amide bonds. The van der Waals surface area contributed by atoms with Crippen LogP contribution in [0.4, 0.5) is 17.1 Å². The van der Waals surface area contributed by atoms with Gasteiger partial charge >= 0.3 is 0 Å². The average Bonchev–Trinajstić information content (AvgIpc) is 3.01. The van der Waals surface area contributed by atoms with Crippen molar-refractivity contribution in [2.24, 2.45) is 0 Å². The molecular weight excluding hydrogens is 382 g/mol. The molecule has 1 aliphatic heterocycles. The maximum Gasteiger partial charge on any atom is 0.274 e. The molecule has 0 radical (unpaired) electrons. The van der Waals surface area contributed by atoms with Gasteiger partial charge in [0.15, 0.2) is 9.84 Å². The Labute approximate surface area is 163 Å². The highest BCUT2D eigenvalue weighted by Crippen LogP contribution is 2.27. The fourth-order valence-electron chi connectivity index (χ4n) is 3.39. The largest absolute Gasteiger partial charge is 0.376 e. The molecule has 2 aromatic rings. The number of anilines is 2. The first-order valence-electron chi connectivity index (χ1n) is 8.84. The van der Waals surface area contributed by atoms with Crippen molar-refractivity contribution in [3.63, 3.8) is 0 Å². The van der Waals surface area contributed by atoms with Gasteiger partial charge in [-0.3, -0.25) is 14.9 Å². The van der Waals surface area contributed by atoms with Crippen LogP contribution < -0.4 is 10.2 Å². The minimum Gasteiger partial charge on any atom is -0.376 e. The molecule has 0 bridgehead atoms. The molecule has 1 saturated heterocycles. The van der Waals surface area contributed by atoms with Gasteiger partial charge in [-0.2, -0.15) is 0 Å². The van der Waals surface area contributed by atoms with E-state index in [0.717, 1.165) is 0 Å². The van der Waals surface area contributed by atoms with E-state index in [4.69, 9.17) is 0 Å². The predicted octanol–water partition coefficient (Wildman–Crippen LogP) is 2.54. The second-order valence-corrected chi connectivity index (χ2v) is 8.95. The number of nitro groups is 1. The number of amides is 1. The van der Waals surface area contributed by atoms with Gasteiger partial charge in [0.05, 0.1) is 29.0 Å². The van der Waals surface area contributed by atoms with E-state index in [1.165, 1.54) is 11.0 Å². The van der Waals surface area contributed by atoms with E-state index in [1.807, 2.05) is 6.07 Å². The SMILES string of the molecule is Cc1c(NCC(=O)N(c2ccccc2)[C@@H]2CCS(=O)(=O)C2)cccc1[N+](=O)[O-]. The number of hydrogen-bond acceptors (Lipinski definition) is 6. The number of benzene rings is 2. The number of carbonyl (C=O) groups excluding carboxylic acids is 1. The van der Waals surface area contributed by atoms with E-state index >= 15 is 0 Å². The number of nitrogens with one attached hydrogen (secondary N) is 1. The highest BCUT2D eigenvalue weighted by molar-refractivity contribution is 7.91. The minimum atomic E-state index is -3.16. The van der Waals surface area contributed by atoms with Crippen molar-refractivity contribution in [2.75, 3.05) is 28.3 Å². The number of nitrogens with zero attached hydrogens (tertiary/aromatic N) is 2. The highest BCUT2D eigenvalue weighted by Gasteiger charge is 2.35. The second kappa shape index (κ2) is 7.97. The van der Waals surface area contributed by atoms with Gasteiger partial charge in [0.2, 0.25) is 5.91 Å². The molecule has 1 atom stereocenters. The van der Waals surface area contributed by atoms with Crippen molar-refractivity contribution in [3.8, 4) is 0 Å². The second-order valence-electron chi connectivity index (χ2n) is 6.72. The van der Waals surface area contributed by atoms with Crippen molar-refractivity contribution >= 4 is 32.8 Å². The Morgan fingerprint density at radius 3 is 2.54 bits per heavy atom. The topological polar surface area (TPSA) is 110 Å². The lowest BCUT2D eigenvalue weighted by Gasteiger charge is -2.28. The third-order valence-corrected chi connectivity index (χ3v) is 6.56. The number of sulfone groups is 1. The van der Waals surface area contributed by atoms with Gasteiger partial charge in [0.1, 0.15) is 0 Å². The normalized spacial score (nSPS) is 17.8. The quantitative estimate of drug-likeness (QED) is 0.586. The summed E-state index contributed by atoms with van der Waals surface area (Å²) < 4.78 is 23.8. The van der Waals surface area contributed by atoms with E-state index < -0.39 is 20.8 Å². The highest BCUT2D eigenvalue weighted by atomic mass is 32.2. The number of rotatable bonds is 6. The molecule has 0 saturated carbocycles. The fourth-order valence-corrected chi connectivity index (χ4v) is 5.09. The van der Waals surface area contributed by atoms with Gasteiger partial charge in [-0.1, -0.05) is 24.3 Å². The maximum absolute atomic E-state index is 13.0. The van der Waals surface area contributed by atoms with E-state index in [2.05, 4.69) is 5.32 Å². The van der Waals surface area contributed by atoms with Gasteiger partial charge in [0, 0.05) is 23.0 Å². The molecule has 28 heavy (non-hydrogen) atoms. The lowest BCUT2D eigenvalue weighted by Crippen LogP contribution is -2.44. The molecule has 0 spiro atoms. The number of para-hydroxylation sites is 1. The summed E-state index contributed by atoms with van der Waals surface area (Å²) in [6.07, 6.45) is 0.388. The Hall–Kier alpha value is -2.94. The first-order chi connectivity index (χ1) is 13.3. The molecule has 0 aromatic heterocycles. The fraction of sp³-hybridized carbons (Fsp3) is 0.316. The molecule has 0 unspecified atom stereocenters. The summed E-state index contributed by atoms with van der Waals surface area (Å²) in [7, 11) is -3.16. The van der Waals surface area contributed by atoms with Crippen LogP contribution in [-0.2, 0) is 14.6 Å². The summed E-state index contributed by atoms with van der Waals surface area (Å²) >= 11 is 0. The molecule has 3 rings (SSSR count). The van der Waals surface area contributed by atoms with Crippen LogP contribution in [0, 0.1) is 17.0 Å². The molecule has 1 N–H and O–H groups in total. The summed E-state index contributed by atoms with van der Waals surface area (Å²) in [4.78, 5) is 25.1. The standard InChI is InChI=1S/C19H21N3O5S/c1-14-17(8-5-9-18(14)22(24)25)20-12-19(23)21(15-6-3-2-4-7-15)16-10-11-28(26,27)13-16/h2-9,16,20H,10-13H2,1H3/t16-/m1/s1. The number of hydrogen-bond donors (Lipinski definition) is 1. The summed E-state index contributed by atoms with van der Waals surface area (Å²) in [6, 6.07) is 13.1. The van der Waals surface area contributed by atoms with Crippen molar-refractivity contribution in [3.05, 3.63) is 64.2 Å². The van der Waals surface area contributed by atoms with E-state index in [-0.39, 0.29) is 29.6 Å². The van der Waals surface area contributed by atoms with Crippen molar-refractivity contribution < 1.29 is 18.1 Å². The zero-order valence-electron chi connectivity index (χ0n) is 15.4. The molecule has 2 aromatic carbocycles. The van der Waals surface area contributed by atoms with Crippen molar-refractivity contribution in [2.45, 2.75) is 19.4 Å². The van der Waals surface area contributed by atoms with Crippen LogP contribution in [-0.4, -0.2) is 43.3 Å². The van der Waals surface area contributed by atoms with Crippen molar-refractivity contribution in [1.29, 1.82) is 0 Å². The zero-order valence-corrected chi connectivity index (χ0v) is 16.2. The lowest BCUT2D eigenvalue weighted by atomic mass is 10.1. The van der Waals surface area contributed by atoms with Crippen molar-refractivity contribution in [1.82, 2.24) is 0 Å². The summed E-state index contributed by atoms with van der Waals surface area (Å²) in [5.41, 5.74) is 1.54. The predicted molar refractivity (Wildman–Crippen MR) is 107 cm³/mol. The third-order valence-electron chi connectivity index (χ3n) is 4.81. The number of carbonyl (C=O) groups is 1. The first kappa shape index (κ1) is 19.8. The minimum absolute atomic E-state index is 0.0285. The monoisotopic (exact) mass is 403 g/mol. The summed E-state index contributed by atoms with van der Waals surface area (Å²) in [6.45, 7) is 1.51. The van der Waals surface area contributed by atoms with E-state index in [0.29, 0.717) is 23.4 Å². The molecule has 1 fully saturated rings. The molecular formula is C19H21N3O5S. The summed E-state index contributed by atoms with van der Waals surface area (Å²) in [5.74, 6) is -0.297.